The average molecular weight is 385 g/mol. The number of amides is 1. The Kier molecular flexibility index (Phi) is 6.65. The molecule has 1 aromatic carbocycles. The van der Waals surface area contributed by atoms with Crippen LogP contribution < -0.4 is 0 Å². The number of likely N-dealkylation sites (tertiary alicyclic amines) is 1. The maximum atomic E-state index is 13.3. The number of hydrogen-bond acceptors (Lipinski definition) is 4. The van der Waals surface area contributed by atoms with Crippen LogP contribution in [-0.4, -0.2) is 36.2 Å². The van der Waals surface area contributed by atoms with Crippen molar-refractivity contribution in [1.29, 1.82) is 0 Å². The van der Waals surface area contributed by atoms with Gasteiger partial charge in [0.2, 0.25) is 5.91 Å². The van der Waals surface area contributed by atoms with E-state index in [0.29, 0.717) is 13.0 Å². The third-order valence-corrected chi connectivity index (χ3v) is 7.14. The zero-order valence-electron chi connectivity index (χ0n) is 16.2. The predicted octanol–water partition coefficient (Wildman–Crippen LogP) is 4.78. The number of halogens is 1. The van der Waals surface area contributed by atoms with Crippen LogP contribution in [0.25, 0.3) is 0 Å². The van der Waals surface area contributed by atoms with E-state index < -0.39 is 13.3 Å². The van der Waals surface area contributed by atoms with Crippen molar-refractivity contribution in [3.05, 3.63) is 35.6 Å². The standard InChI is InChI=1S/C19H29FNO4P/c1-6-24-26(23,25-7-2)17-12-19(4,5)13-21(18(17)22)14(3)15-8-10-16(20)11-9-15/h8-11,14,17H,6-7,12-13H2,1-5H3. The van der Waals surface area contributed by atoms with E-state index in [1.165, 1.54) is 12.1 Å². The third-order valence-electron chi connectivity index (χ3n) is 4.73. The quantitative estimate of drug-likeness (QED) is 0.634. The summed E-state index contributed by atoms with van der Waals surface area (Å²) < 4.78 is 37.4. The number of piperidine rings is 1. The highest BCUT2D eigenvalue weighted by Gasteiger charge is 2.50. The minimum atomic E-state index is -3.56. The Morgan fingerprint density at radius 2 is 1.77 bits per heavy atom. The maximum Gasteiger partial charge on any atom is 0.343 e. The van der Waals surface area contributed by atoms with Gasteiger partial charge in [0.1, 0.15) is 11.5 Å². The first kappa shape index (κ1) is 21.1. The van der Waals surface area contributed by atoms with Gasteiger partial charge < -0.3 is 13.9 Å². The van der Waals surface area contributed by atoms with Crippen molar-refractivity contribution < 1.29 is 22.8 Å². The van der Waals surface area contributed by atoms with E-state index in [9.17, 15) is 13.8 Å². The fourth-order valence-electron chi connectivity index (χ4n) is 3.48. The molecule has 1 aliphatic rings. The Morgan fingerprint density at radius 3 is 2.27 bits per heavy atom. The topological polar surface area (TPSA) is 55.8 Å². The second kappa shape index (κ2) is 8.20. The smallest absolute Gasteiger partial charge is 0.335 e. The van der Waals surface area contributed by atoms with Crippen LogP contribution in [0.1, 0.15) is 52.6 Å². The number of rotatable bonds is 7. The highest BCUT2D eigenvalue weighted by atomic mass is 31.2. The lowest BCUT2D eigenvalue weighted by Crippen LogP contribution is -2.52. The Bertz CT molecular complexity index is 667. The normalized spacial score (nSPS) is 21.7. The highest BCUT2D eigenvalue weighted by molar-refractivity contribution is 7.55. The van der Waals surface area contributed by atoms with Crippen molar-refractivity contribution in [3.8, 4) is 0 Å². The largest absolute Gasteiger partial charge is 0.343 e. The number of carbonyl (C=O) groups excluding carboxylic acids is 1. The van der Waals surface area contributed by atoms with Crippen LogP contribution >= 0.6 is 7.60 Å². The van der Waals surface area contributed by atoms with Crippen LogP contribution in [0.2, 0.25) is 0 Å². The first-order chi connectivity index (χ1) is 12.1. The summed E-state index contributed by atoms with van der Waals surface area (Å²) in [6, 6.07) is 5.85. The molecule has 2 unspecified atom stereocenters. The Balaban J connectivity index is 2.36. The van der Waals surface area contributed by atoms with Crippen molar-refractivity contribution in [2.75, 3.05) is 19.8 Å². The maximum absolute atomic E-state index is 13.3. The second-order valence-electron chi connectivity index (χ2n) is 7.45. The summed E-state index contributed by atoms with van der Waals surface area (Å²) in [6.07, 6.45) is 0.440. The van der Waals surface area contributed by atoms with Crippen molar-refractivity contribution in [2.24, 2.45) is 5.41 Å². The molecule has 0 aliphatic carbocycles. The van der Waals surface area contributed by atoms with Crippen LogP contribution in [0.5, 0.6) is 0 Å². The number of hydrogen-bond donors (Lipinski definition) is 0. The van der Waals surface area contributed by atoms with Crippen molar-refractivity contribution >= 4 is 13.5 Å². The second-order valence-corrected chi connectivity index (χ2v) is 9.67. The molecule has 0 N–H and O–H groups in total. The van der Waals surface area contributed by atoms with Crippen LogP contribution in [0.15, 0.2) is 24.3 Å². The van der Waals surface area contributed by atoms with Crippen LogP contribution in [0.4, 0.5) is 4.39 Å². The molecule has 0 saturated carbocycles. The number of nitrogens with zero attached hydrogens (tertiary/aromatic N) is 1. The molecule has 2 rings (SSSR count). The zero-order chi connectivity index (χ0) is 19.5. The van der Waals surface area contributed by atoms with E-state index in [2.05, 4.69) is 0 Å². The summed E-state index contributed by atoms with van der Waals surface area (Å²) in [6.45, 7) is 10.4. The molecule has 146 valence electrons. The van der Waals surface area contributed by atoms with Gasteiger partial charge in [-0.1, -0.05) is 26.0 Å². The van der Waals surface area contributed by atoms with Crippen molar-refractivity contribution in [1.82, 2.24) is 4.90 Å². The van der Waals surface area contributed by atoms with Crippen molar-refractivity contribution in [3.63, 3.8) is 0 Å². The molecular formula is C19H29FNO4P. The molecule has 1 aromatic rings. The zero-order valence-corrected chi connectivity index (χ0v) is 17.1. The van der Waals surface area contributed by atoms with E-state index in [4.69, 9.17) is 9.05 Å². The summed E-state index contributed by atoms with van der Waals surface area (Å²) in [5.74, 6) is -0.548. The van der Waals surface area contributed by atoms with E-state index in [-0.39, 0.29) is 36.4 Å². The van der Waals surface area contributed by atoms with Gasteiger partial charge in [-0.05, 0) is 50.3 Å². The molecule has 1 fully saturated rings. The molecule has 0 radical (unpaired) electrons. The van der Waals surface area contributed by atoms with Gasteiger partial charge in [-0.2, -0.15) is 0 Å². The molecule has 1 heterocycles. The fourth-order valence-corrected chi connectivity index (χ4v) is 5.77. The summed E-state index contributed by atoms with van der Waals surface area (Å²) in [7, 11) is -3.56. The first-order valence-electron chi connectivity index (χ1n) is 9.08. The summed E-state index contributed by atoms with van der Waals surface area (Å²) in [5, 5.41) is 0. The van der Waals surface area contributed by atoms with Crippen LogP contribution in [0, 0.1) is 11.2 Å². The first-order valence-corrected chi connectivity index (χ1v) is 10.7. The lowest BCUT2D eigenvalue weighted by Gasteiger charge is -2.45. The number of benzene rings is 1. The SMILES string of the molecule is CCOP(=O)(OCC)C1CC(C)(C)CN(C(C)c2ccc(F)cc2)C1=O. The molecule has 2 atom stereocenters. The molecule has 1 saturated heterocycles. The predicted molar refractivity (Wildman–Crippen MR) is 99.6 cm³/mol. The van der Waals surface area contributed by atoms with Gasteiger partial charge >= 0.3 is 7.60 Å². The molecule has 1 amide bonds. The molecular weight excluding hydrogens is 356 g/mol. The molecule has 7 heteroatoms. The van der Waals surface area contributed by atoms with E-state index in [1.54, 1.807) is 30.9 Å². The van der Waals surface area contributed by atoms with Crippen LogP contribution in [-0.2, 0) is 18.4 Å². The van der Waals surface area contributed by atoms with Crippen molar-refractivity contribution in [2.45, 2.75) is 52.7 Å². The monoisotopic (exact) mass is 385 g/mol. The fraction of sp³-hybridized carbons (Fsp3) is 0.632. The Morgan fingerprint density at radius 1 is 1.23 bits per heavy atom. The van der Waals surface area contributed by atoms with Gasteiger partial charge in [-0.25, -0.2) is 4.39 Å². The summed E-state index contributed by atoms with van der Waals surface area (Å²) in [4.78, 5) is 14.9. The third kappa shape index (κ3) is 4.54. The van der Waals surface area contributed by atoms with E-state index in [0.717, 1.165) is 5.56 Å². The minimum absolute atomic E-state index is 0.217. The number of carbonyl (C=O) groups is 1. The molecule has 5 nitrogen and oxygen atoms in total. The molecule has 0 aromatic heterocycles. The van der Waals surface area contributed by atoms with Gasteiger partial charge in [-0.3, -0.25) is 9.36 Å². The van der Waals surface area contributed by atoms with Gasteiger partial charge in [0.15, 0.2) is 0 Å². The van der Waals surface area contributed by atoms with Gasteiger partial charge in [0.05, 0.1) is 19.3 Å². The minimum Gasteiger partial charge on any atom is -0.335 e. The van der Waals surface area contributed by atoms with Crippen LogP contribution in [0.3, 0.4) is 0 Å². The Labute approximate surface area is 155 Å². The van der Waals surface area contributed by atoms with E-state index >= 15 is 0 Å². The Hall–Kier alpha value is -1.23. The highest BCUT2D eigenvalue weighted by Crippen LogP contribution is 2.58. The molecule has 0 bridgehead atoms. The average Bonchev–Trinajstić information content (AvgIpc) is 2.57. The van der Waals surface area contributed by atoms with Gasteiger partial charge in [0, 0.05) is 6.54 Å². The van der Waals surface area contributed by atoms with Gasteiger partial charge in [-0.15, -0.1) is 0 Å². The molecule has 26 heavy (non-hydrogen) atoms. The molecule has 1 aliphatic heterocycles. The van der Waals surface area contributed by atoms with Gasteiger partial charge in [0.25, 0.3) is 0 Å². The lowest BCUT2D eigenvalue weighted by molar-refractivity contribution is -0.139. The van der Waals surface area contributed by atoms with E-state index in [1.807, 2.05) is 20.8 Å². The molecule has 0 spiro atoms. The summed E-state index contributed by atoms with van der Waals surface area (Å²) >= 11 is 0. The summed E-state index contributed by atoms with van der Waals surface area (Å²) in [5.41, 5.74) is -0.232. The lowest BCUT2D eigenvalue weighted by atomic mass is 9.82.